The van der Waals surface area contributed by atoms with Crippen LogP contribution in [0.3, 0.4) is 0 Å². The van der Waals surface area contributed by atoms with Gasteiger partial charge in [-0.05, 0) is 69.0 Å². The number of rotatable bonds is 8. The number of hydrogen-bond donors (Lipinski definition) is 1. The smallest absolute Gasteiger partial charge is 0.387 e. The third-order valence-electron chi connectivity index (χ3n) is 8.29. The lowest BCUT2D eigenvalue weighted by Gasteiger charge is -2.40. The molecule has 4 heterocycles. The molecule has 47 heavy (non-hydrogen) atoms. The van der Waals surface area contributed by atoms with E-state index in [9.17, 15) is 18.4 Å². The Balaban J connectivity index is 1.08. The maximum absolute atomic E-state index is 13.5. The van der Waals surface area contributed by atoms with E-state index in [1.54, 1.807) is 35.5 Å². The summed E-state index contributed by atoms with van der Waals surface area (Å²) in [6, 6.07) is 11.8. The summed E-state index contributed by atoms with van der Waals surface area (Å²) in [6.45, 7) is 3.32. The van der Waals surface area contributed by atoms with Crippen molar-refractivity contribution >= 4 is 29.1 Å². The number of morpholine rings is 1. The molecule has 2 aromatic heterocycles. The Morgan fingerprint density at radius 3 is 2.49 bits per heavy atom. The zero-order valence-electron chi connectivity index (χ0n) is 26.6. The summed E-state index contributed by atoms with van der Waals surface area (Å²) in [7, 11) is 3.98. The van der Waals surface area contributed by atoms with Gasteiger partial charge in [0, 0.05) is 81.2 Å². The number of nitrogens with zero attached hydrogens (tertiary/aromatic N) is 7. The van der Waals surface area contributed by atoms with Gasteiger partial charge < -0.3 is 38.8 Å². The zero-order valence-corrected chi connectivity index (χ0v) is 26.6. The highest BCUT2D eigenvalue weighted by atomic mass is 19.3. The highest BCUT2D eigenvalue weighted by molar-refractivity contribution is 5.96. The first-order valence-electron chi connectivity index (χ1n) is 15.5. The van der Waals surface area contributed by atoms with E-state index in [4.69, 9.17) is 9.72 Å². The van der Waals surface area contributed by atoms with E-state index < -0.39 is 6.61 Å². The number of carbonyl (C=O) groups is 2. The van der Waals surface area contributed by atoms with Crippen LogP contribution in [0.1, 0.15) is 15.9 Å². The first kappa shape index (κ1) is 32.1. The third kappa shape index (κ3) is 7.44. The maximum Gasteiger partial charge on any atom is 0.387 e. The van der Waals surface area contributed by atoms with Gasteiger partial charge in [0.15, 0.2) is 11.5 Å². The predicted octanol–water partition coefficient (Wildman–Crippen LogP) is 4.19. The number of anilines is 2. The number of aryl methyl sites for hydroxylation is 1. The topological polar surface area (TPSA) is 108 Å². The van der Waals surface area contributed by atoms with Crippen molar-refractivity contribution in [2.45, 2.75) is 19.6 Å². The van der Waals surface area contributed by atoms with Crippen LogP contribution in [0.2, 0.25) is 0 Å². The largest absolute Gasteiger partial charge is 0.435 e. The standard InChI is InChI=1S/C33H38F2N8O4/c1-22-18-24(37-29-30-38-28(21-42(30)11-10-36-29)23-4-7-25(8-5-23)47-32(34)35)6-9-27(22)31(44)40-12-14-41(15-13-40)33(45)43-16-17-46-26(20-43)19-39(2)3/h4-11,18,21,26,32H,12-17,19-20H2,1-3H3,(H,36,37). The van der Waals surface area contributed by atoms with Crippen LogP contribution in [0.15, 0.2) is 61.1 Å². The van der Waals surface area contributed by atoms with Gasteiger partial charge in [0.25, 0.3) is 5.91 Å². The van der Waals surface area contributed by atoms with Gasteiger partial charge in [0.2, 0.25) is 0 Å². The molecule has 2 aliphatic rings. The number of nitrogens with one attached hydrogen (secondary N) is 1. The molecule has 1 unspecified atom stereocenters. The number of piperazine rings is 1. The van der Waals surface area contributed by atoms with E-state index in [2.05, 4.69) is 19.9 Å². The molecule has 248 valence electrons. The minimum atomic E-state index is -2.89. The van der Waals surface area contributed by atoms with Crippen molar-refractivity contribution < 1.29 is 27.8 Å². The second kappa shape index (κ2) is 13.9. The average Bonchev–Trinajstić information content (AvgIpc) is 3.50. The molecule has 2 aromatic carbocycles. The second-order valence-electron chi connectivity index (χ2n) is 12.0. The average molecular weight is 649 g/mol. The molecule has 2 saturated heterocycles. The van der Waals surface area contributed by atoms with Gasteiger partial charge >= 0.3 is 12.6 Å². The Morgan fingerprint density at radius 2 is 1.79 bits per heavy atom. The molecule has 12 nitrogen and oxygen atoms in total. The van der Waals surface area contributed by atoms with Gasteiger partial charge in [-0.1, -0.05) is 0 Å². The van der Waals surface area contributed by atoms with Gasteiger partial charge in [-0.2, -0.15) is 8.78 Å². The lowest BCUT2D eigenvalue weighted by atomic mass is 10.1. The molecule has 0 aliphatic carbocycles. The van der Waals surface area contributed by atoms with Gasteiger partial charge in [-0.15, -0.1) is 0 Å². The van der Waals surface area contributed by atoms with E-state index in [-0.39, 0.29) is 23.8 Å². The Labute approximate surface area is 271 Å². The number of alkyl halides is 2. The van der Waals surface area contributed by atoms with Crippen LogP contribution in [0.25, 0.3) is 16.9 Å². The van der Waals surface area contributed by atoms with Crippen LogP contribution in [-0.2, 0) is 4.74 Å². The number of hydrogen-bond acceptors (Lipinski definition) is 8. The van der Waals surface area contributed by atoms with E-state index in [1.807, 2.05) is 53.5 Å². The Kier molecular flexibility index (Phi) is 9.50. The Morgan fingerprint density at radius 1 is 1.04 bits per heavy atom. The van der Waals surface area contributed by atoms with Crippen molar-refractivity contribution in [3.05, 3.63) is 72.2 Å². The predicted molar refractivity (Wildman–Crippen MR) is 172 cm³/mol. The van der Waals surface area contributed by atoms with Crippen LogP contribution in [0, 0.1) is 6.92 Å². The minimum absolute atomic E-state index is 0.00126. The molecule has 1 N–H and O–H groups in total. The van der Waals surface area contributed by atoms with Crippen LogP contribution in [-0.4, -0.2) is 125 Å². The van der Waals surface area contributed by atoms with Crippen molar-refractivity contribution in [1.29, 1.82) is 0 Å². The molecule has 3 amide bonds. The molecule has 2 aliphatic heterocycles. The summed E-state index contributed by atoms with van der Waals surface area (Å²) in [5, 5.41) is 3.31. The first-order valence-corrected chi connectivity index (χ1v) is 15.5. The summed E-state index contributed by atoms with van der Waals surface area (Å²) in [5.41, 5.74) is 4.10. The quantitative estimate of drug-likeness (QED) is 0.303. The van der Waals surface area contributed by atoms with E-state index in [1.165, 1.54) is 12.1 Å². The molecule has 2 fully saturated rings. The van der Waals surface area contributed by atoms with Crippen LogP contribution < -0.4 is 10.1 Å². The molecule has 6 rings (SSSR count). The van der Waals surface area contributed by atoms with Gasteiger partial charge in [0.1, 0.15) is 5.75 Å². The van der Waals surface area contributed by atoms with Crippen LogP contribution in [0.5, 0.6) is 5.75 Å². The molecule has 1 atom stereocenters. The monoisotopic (exact) mass is 648 g/mol. The fourth-order valence-corrected chi connectivity index (χ4v) is 5.95. The molecule has 0 spiro atoms. The first-order chi connectivity index (χ1) is 22.6. The fraction of sp³-hybridized carbons (Fsp3) is 0.394. The van der Waals surface area contributed by atoms with Crippen molar-refractivity contribution in [2.75, 3.05) is 71.8 Å². The molecule has 14 heteroatoms. The van der Waals surface area contributed by atoms with Crippen molar-refractivity contribution in [2.24, 2.45) is 0 Å². The third-order valence-corrected chi connectivity index (χ3v) is 8.29. The fourth-order valence-electron chi connectivity index (χ4n) is 5.95. The van der Waals surface area contributed by atoms with Gasteiger partial charge in [-0.3, -0.25) is 4.79 Å². The lowest BCUT2D eigenvalue weighted by molar-refractivity contribution is -0.0498. The van der Waals surface area contributed by atoms with Crippen molar-refractivity contribution in [1.82, 2.24) is 34.0 Å². The molecule has 0 bridgehead atoms. The highest BCUT2D eigenvalue weighted by Crippen LogP contribution is 2.27. The van der Waals surface area contributed by atoms with E-state index >= 15 is 0 Å². The number of urea groups is 1. The number of imidazole rings is 1. The number of ether oxygens (including phenoxy) is 2. The van der Waals surface area contributed by atoms with Crippen molar-refractivity contribution in [3.8, 4) is 17.0 Å². The lowest BCUT2D eigenvalue weighted by Crippen LogP contribution is -2.57. The molecular weight excluding hydrogens is 610 g/mol. The summed E-state index contributed by atoms with van der Waals surface area (Å²) in [4.78, 5) is 43.4. The van der Waals surface area contributed by atoms with Crippen molar-refractivity contribution in [3.63, 3.8) is 0 Å². The number of likely N-dealkylation sites (N-methyl/N-ethyl adjacent to an activating group) is 1. The number of fused-ring (bicyclic) bond motifs is 1. The minimum Gasteiger partial charge on any atom is -0.435 e. The SMILES string of the molecule is Cc1cc(Nc2nccn3cc(-c4ccc(OC(F)F)cc4)nc23)ccc1C(=O)N1CCN(C(=O)N2CCOC(CN(C)C)C2)CC1. The number of aromatic nitrogens is 3. The zero-order chi connectivity index (χ0) is 33.1. The second-order valence-corrected chi connectivity index (χ2v) is 12.0. The number of halogens is 2. The Bertz CT molecular complexity index is 1720. The summed E-state index contributed by atoms with van der Waals surface area (Å²) in [5.74, 6) is 0.523. The molecule has 0 saturated carbocycles. The van der Waals surface area contributed by atoms with Crippen LogP contribution >= 0.6 is 0 Å². The maximum atomic E-state index is 13.5. The number of carbonyl (C=O) groups excluding carboxylic acids is 2. The van der Waals surface area contributed by atoms with Crippen LogP contribution in [0.4, 0.5) is 25.1 Å². The summed E-state index contributed by atoms with van der Waals surface area (Å²) >= 11 is 0. The molecule has 0 radical (unpaired) electrons. The Hall–Kier alpha value is -4.82. The highest BCUT2D eigenvalue weighted by Gasteiger charge is 2.31. The normalized spacial score (nSPS) is 17.1. The molecule has 4 aromatic rings. The van der Waals surface area contributed by atoms with E-state index in [0.717, 1.165) is 23.4 Å². The summed E-state index contributed by atoms with van der Waals surface area (Å²) in [6.07, 6.45) is 5.24. The molecular formula is C33H38F2N8O4. The van der Waals surface area contributed by atoms with Gasteiger partial charge in [-0.25, -0.2) is 14.8 Å². The number of benzene rings is 2. The summed E-state index contributed by atoms with van der Waals surface area (Å²) < 4.78 is 37.1. The number of amides is 3. The van der Waals surface area contributed by atoms with E-state index in [0.29, 0.717) is 68.6 Å². The van der Waals surface area contributed by atoms with Gasteiger partial charge in [0.05, 0.1) is 18.4 Å².